The molecule has 0 aromatic heterocycles. The van der Waals surface area contributed by atoms with Gasteiger partial charge in [-0.15, -0.1) is 4.33 Å². The van der Waals surface area contributed by atoms with Gasteiger partial charge in [-0.05, 0) is 30.3 Å². The Bertz CT molecular complexity index is 646. The van der Waals surface area contributed by atoms with E-state index in [1.54, 1.807) is 30.3 Å². The van der Waals surface area contributed by atoms with Crippen molar-refractivity contribution in [2.24, 2.45) is 0 Å². The Balaban J connectivity index is 0.00000200. The van der Waals surface area contributed by atoms with E-state index in [1.807, 2.05) is 0 Å². The fourth-order valence-electron chi connectivity index (χ4n) is 1.48. The van der Waals surface area contributed by atoms with Crippen molar-refractivity contribution >= 4 is 21.9 Å². The van der Waals surface area contributed by atoms with Crippen LogP contribution in [0.25, 0.3) is 0 Å². The molecule has 1 N–H and O–H groups in total. The summed E-state index contributed by atoms with van der Waals surface area (Å²) in [6.07, 6.45) is 0. The number of hydrogen-bond acceptors (Lipinski definition) is 6. The third-order valence-corrected chi connectivity index (χ3v) is 4.67. The van der Waals surface area contributed by atoms with Crippen LogP contribution < -0.4 is 51.4 Å². The SMILES string of the molecule is O=S(=O)(c1ccccc1)c1cccc(SOOO)c1.[K+]. The van der Waals surface area contributed by atoms with Gasteiger partial charge in [-0.3, -0.25) is 0 Å². The molecule has 0 atom stereocenters. The Morgan fingerprint density at radius 2 is 1.60 bits per heavy atom. The molecule has 0 unspecified atom stereocenters. The van der Waals surface area contributed by atoms with Crippen molar-refractivity contribution in [1.29, 1.82) is 0 Å². The summed E-state index contributed by atoms with van der Waals surface area (Å²) in [7, 11) is -3.56. The zero-order chi connectivity index (χ0) is 13.7. The maximum atomic E-state index is 12.3. The first-order valence-electron chi connectivity index (χ1n) is 5.19. The van der Waals surface area contributed by atoms with Gasteiger partial charge in [-0.2, -0.15) is 0 Å². The molecule has 2 aromatic rings. The third-order valence-electron chi connectivity index (χ3n) is 2.33. The Labute approximate surface area is 163 Å². The van der Waals surface area contributed by atoms with Crippen LogP contribution in [0, 0.1) is 0 Å². The van der Waals surface area contributed by atoms with Crippen molar-refractivity contribution in [3.05, 3.63) is 54.6 Å². The number of hydrogen-bond donors (Lipinski definition) is 1. The number of sulfone groups is 1. The Morgan fingerprint density at radius 3 is 2.25 bits per heavy atom. The van der Waals surface area contributed by atoms with Crippen molar-refractivity contribution in [3.8, 4) is 0 Å². The van der Waals surface area contributed by atoms with Gasteiger partial charge in [0.15, 0.2) is 0 Å². The minimum atomic E-state index is -3.56. The van der Waals surface area contributed by atoms with Gasteiger partial charge in [0.05, 0.1) is 21.8 Å². The summed E-state index contributed by atoms with van der Waals surface area (Å²) in [5, 5.41) is 11.5. The van der Waals surface area contributed by atoms with E-state index in [2.05, 4.69) is 9.37 Å². The normalized spacial score (nSPS) is 10.8. The van der Waals surface area contributed by atoms with Gasteiger partial charge >= 0.3 is 51.4 Å². The van der Waals surface area contributed by atoms with Crippen molar-refractivity contribution in [3.63, 3.8) is 0 Å². The second-order valence-electron chi connectivity index (χ2n) is 3.52. The van der Waals surface area contributed by atoms with E-state index in [0.717, 1.165) is 0 Å². The molecule has 5 nitrogen and oxygen atoms in total. The van der Waals surface area contributed by atoms with Gasteiger partial charge in [-0.1, -0.05) is 29.3 Å². The summed E-state index contributed by atoms with van der Waals surface area (Å²) < 4.78 is 28.9. The minimum absolute atomic E-state index is 0. The maximum absolute atomic E-state index is 12.3. The van der Waals surface area contributed by atoms with Crippen LogP contribution >= 0.6 is 12.0 Å². The molecule has 0 saturated heterocycles. The summed E-state index contributed by atoms with van der Waals surface area (Å²) in [4.78, 5) is 0.854. The smallest absolute Gasteiger partial charge is 0.220 e. The molecule has 0 radical (unpaired) electrons. The van der Waals surface area contributed by atoms with Gasteiger partial charge in [0.25, 0.3) is 0 Å². The molecule has 0 amide bonds. The topological polar surface area (TPSA) is 72.8 Å². The van der Waals surface area contributed by atoms with E-state index in [1.165, 1.54) is 24.3 Å². The van der Waals surface area contributed by atoms with E-state index in [4.69, 9.17) is 5.26 Å². The molecule has 0 aliphatic heterocycles. The Hall–Kier alpha value is 0.256. The van der Waals surface area contributed by atoms with Crippen LogP contribution in [-0.4, -0.2) is 13.7 Å². The first-order valence-corrected chi connectivity index (χ1v) is 7.42. The van der Waals surface area contributed by atoms with Gasteiger partial charge in [-0.25, -0.2) is 13.7 Å². The predicted molar refractivity (Wildman–Crippen MR) is 69.0 cm³/mol. The van der Waals surface area contributed by atoms with Crippen molar-refractivity contribution < 1.29 is 74.4 Å². The van der Waals surface area contributed by atoms with Crippen LogP contribution in [0.1, 0.15) is 0 Å². The molecule has 0 saturated carbocycles. The van der Waals surface area contributed by atoms with Crippen LogP contribution in [0.5, 0.6) is 0 Å². The zero-order valence-corrected chi connectivity index (χ0v) is 15.3. The molecule has 0 spiro atoms. The minimum Gasteiger partial charge on any atom is -0.220 e. The average molecular weight is 337 g/mol. The molecule has 0 aliphatic rings. The molecular weight excluding hydrogens is 327 g/mol. The summed E-state index contributed by atoms with van der Waals surface area (Å²) in [6.45, 7) is 0. The van der Waals surface area contributed by atoms with Gasteiger partial charge < -0.3 is 0 Å². The van der Waals surface area contributed by atoms with Crippen molar-refractivity contribution in [2.75, 3.05) is 0 Å². The van der Waals surface area contributed by atoms with Crippen LogP contribution in [0.4, 0.5) is 0 Å². The van der Waals surface area contributed by atoms with E-state index in [9.17, 15) is 8.42 Å². The van der Waals surface area contributed by atoms with Crippen LogP contribution in [0.15, 0.2) is 69.3 Å². The first kappa shape index (κ1) is 18.3. The zero-order valence-electron chi connectivity index (χ0n) is 10.6. The molecule has 20 heavy (non-hydrogen) atoms. The number of benzene rings is 2. The van der Waals surface area contributed by atoms with Gasteiger partial charge in [0.2, 0.25) is 9.84 Å². The summed E-state index contributed by atoms with van der Waals surface area (Å²) >= 11 is 0.709. The molecule has 8 heteroatoms. The molecule has 0 fully saturated rings. The Kier molecular flexibility index (Phi) is 7.91. The van der Waals surface area contributed by atoms with Gasteiger partial charge in [0, 0.05) is 4.90 Å². The van der Waals surface area contributed by atoms with Crippen molar-refractivity contribution in [2.45, 2.75) is 14.7 Å². The molecular formula is C12H10KO5S2+. The van der Waals surface area contributed by atoms with Crippen LogP contribution in [0.2, 0.25) is 0 Å². The van der Waals surface area contributed by atoms with E-state index >= 15 is 0 Å². The van der Waals surface area contributed by atoms with E-state index in [-0.39, 0.29) is 61.2 Å². The van der Waals surface area contributed by atoms with Crippen LogP contribution in [-0.2, 0) is 19.2 Å². The fourth-order valence-corrected chi connectivity index (χ4v) is 3.30. The van der Waals surface area contributed by atoms with Gasteiger partial charge in [0.1, 0.15) is 0 Å². The molecule has 100 valence electrons. The first-order chi connectivity index (χ1) is 9.14. The summed E-state index contributed by atoms with van der Waals surface area (Å²) in [5.41, 5.74) is 0. The summed E-state index contributed by atoms with van der Waals surface area (Å²) in [5.74, 6) is 0. The van der Waals surface area contributed by atoms with E-state index < -0.39 is 9.84 Å². The van der Waals surface area contributed by atoms with Crippen molar-refractivity contribution in [1.82, 2.24) is 0 Å². The fraction of sp³-hybridized carbons (Fsp3) is 0. The average Bonchev–Trinajstić information content (AvgIpc) is 2.46. The number of rotatable bonds is 5. The maximum Gasteiger partial charge on any atom is 1.00 e. The Morgan fingerprint density at radius 1 is 0.950 bits per heavy atom. The third kappa shape index (κ3) is 4.63. The second kappa shape index (κ2) is 8.64. The molecule has 0 bridgehead atoms. The predicted octanol–water partition coefficient (Wildman–Crippen LogP) is -0.0483. The molecule has 0 aliphatic carbocycles. The quantitative estimate of drug-likeness (QED) is 0.357. The second-order valence-corrected chi connectivity index (χ2v) is 6.24. The monoisotopic (exact) mass is 337 g/mol. The van der Waals surface area contributed by atoms with E-state index in [0.29, 0.717) is 16.9 Å². The summed E-state index contributed by atoms with van der Waals surface area (Å²) in [6, 6.07) is 14.3. The standard InChI is InChI=1S/C12H10O5S2.K/c13-16-17-18-10-5-4-8-12(9-10)19(14,15)11-6-2-1-3-7-11;/h1-9,13H;/q;+1. The van der Waals surface area contributed by atoms with Crippen LogP contribution in [0.3, 0.4) is 0 Å². The molecule has 2 aromatic carbocycles. The molecule has 0 heterocycles. The largest absolute Gasteiger partial charge is 1.00 e. The molecule has 2 rings (SSSR count).